The summed E-state index contributed by atoms with van der Waals surface area (Å²) in [4.78, 5) is 24.5. The summed E-state index contributed by atoms with van der Waals surface area (Å²) < 4.78 is 1.92. The Bertz CT molecular complexity index is 1000. The molecule has 1 aromatic heterocycles. The van der Waals surface area contributed by atoms with Crippen LogP contribution in [0.3, 0.4) is 0 Å². The number of hydrogen-bond acceptors (Lipinski definition) is 5. The molecule has 1 atom stereocenters. The van der Waals surface area contributed by atoms with Crippen molar-refractivity contribution in [2.24, 2.45) is 0 Å². The van der Waals surface area contributed by atoms with Gasteiger partial charge in [0, 0.05) is 12.1 Å². The van der Waals surface area contributed by atoms with Gasteiger partial charge < -0.3 is 5.32 Å². The average Bonchev–Trinajstić information content (AvgIpc) is 3.16. The normalized spacial score (nSPS) is 11.6. The minimum absolute atomic E-state index is 0.0709. The molecule has 7 heteroatoms. The van der Waals surface area contributed by atoms with Crippen LogP contribution in [0.25, 0.3) is 11.4 Å². The lowest BCUT2D eigenvalue weighted by Crippen LogP contribution is -2.42. The van der Waals surface area contributed by atoms with E-state index >= 15 is 0 Å². The molecule has 3 aromatic rings. The van der Waals surface area contributed by atoms with Crippen LogP contribution in [0, 0.1) is 0 Å². The maximum atomic E-state index is 12.5. The number of ketones is 1. The maximum absolute atomic E-state index is 12.5. The molecule has 0 aliphatic rings. The number of rotatable bonds is 10. The van der Waals surface area contributed by atoms with Crippen LogP contribution < -0.4 is 5.32 Å². The van der Waals surface area contributed by atoms with Crippen molar-refractivity contribution < 1.29 is 9.59 Å². The molecule has 30 heavy (non-hydrogen) atoms. The van der Waals surface area contributed by atoms with E-state index in [1.165, 1.54) is 18.7 Å². The summed E-state index contributed by atoms with van der Waals surface area (Å²) in [5, 5.41) is 12.0. The smallest absolute Gasteiger partial charge is 0.231 e. The molecule has 0 spiro atoms. The Hall–Kier alpha value is -3.19. The summed E-state index contributed by atoms with van der Waals surface area (Å²) in [6.07, 6.45) is 2.24. The number of nitrogens with zero attached hydrogens (tertiary/aromatic N) is 3. The van der Waals surface area contributed by atoms with E-state index < -0.39 is 6.04 Å². The fourth-order valence-electron chi connectivity index (χ4n) is 3.00. The number of thioether (sulfide) groups is 1. The molecule has 1 heterocycles. The van der Waals surface area contributed by atoms with Crippen molar-refractivity contribution in [3.05, 3.63) is 78.9 Å². The quantitative estimate of drug-likeness (QED) is 0.401. The summed E-state index contributed by atoms with van der Waals surface area (Å²) in [5.41, 5.74) is 1.95. The molecule has 0 saturated carbocycles. The summed E-state index contributed by atoms with van der Waals surface area (Å²) >= 11 is 1.29. The van der Waals surface area contributed by atoms with E-state index in [1.54, 1.807) is 6.08 Å². The highest BCUT2D eigenvalue weighted by molar-refractivity contribution is 7.99. The average molecular weight is 421 g/mol. The molecule has 1 N–H and O–H groups in total. The van der Waals surface area contributed by atoms with Gasteiger partial charge in [-0.2, -0.15) is 0 Å². The molecule has 154 valence electrons. The number of Topliss-reactive ketones (excluding diaryl/α,β-unsaturated/α-hetero) is 1. The van der Waals surface area contributed by atoms with Gasteiger partial charge in [0.1, 0.15) is 0 Å². The van der Waals surface area contributed by atoms with E-state index in [0.29, 0.717) is 18.1 Å². The Morgan fingerprint density at radius 3 is 2.40 bits per heavy atom. The first-order valence-corrected chi connectivity index (χ1v) is 10.6. The van der Waals surface area contributed by atoms with Gasteiger partial charge in [0.25, 0.3) is 0 Å². The zero-order chi connectivity index (χ0) is 21.3. The summed E-state index contributed by atoms with van der Waals surface area (Å²) in [5.74, 6) is 0.579. The number of carbonyl (C=O) groups is 2. The Morgan fingerprint density at radius 2 is 1.77 bits per heavy atom. The van der Waals surface area contributed by atoms with Crippen LogP contribution in [-0.4, -0.2) is 38.2 Å². The first kappa shape index (κ1) is 21.5. The van der Waals surface area contributed by atoms with Gasteiger partial charge >= 0.3 is 0 Å². The van der Waals surface area contributed by atoms with Crippen molar-refractivity contribution in [1.82, 2.24) is 20.1 Å². The second-order valence-corrected chi connectivity index (χ2v) is 7.72. The van der Waals surface area contributed by atoms with E-state index in [9.17, 15) is 9.59 Å². The lowest BCUT2D eigenvalue weighted by atomic mass is 10.0. The number of hydrogen-bond donors (Lipinski definition) is 1. The lowest BCUT2D eigenvalue weighted by Gasteiger charge is -2.16. The molecule has 0 bridgehead atoms. The van der Waals surface area contributed by atoms with Crippen molar-refractivity contribution in [3.8, 4) is 11.4 Å². The minimum atomic E-state index is -0.550. The molecular formula is C23H24N4O2S. The molecule has 6 nitrogen and oxygen atoms in total. The first-order valence-electron chi connectivity index (χ1n) is 9.64. The standard InChI is InChI=1S/C23H24N4O2S/c1-3-14-27-22(19-12-8-5-9-13-19)25-26-23(27)30-16-21(29)24-20(17(2)28)15-18-10-6-4-7-11-18/h3-13,20H,1,14-16H2,2H3,(H,24,29)/t20-/m0/s1. The number of allylic oxidation sites excluding steroid dienone is 1. The zero-order valence-corrected chi connectivity index (χ0v) is 17.6. The van der Waals surface area contributed by atoms with Gasteiger partial charge in [0.15, 0.2) is 16.8 Å². The van der Waals surface area contributed by atoms with E-state index in [0.717, 1.165) is 17.0 Å². The van der Waals surface area contributed by atoms with E-state index in [2.05, 4.69) is 22.1 Å². The minimum Gasteiger partial charge on any atom is -0.345 e. The fraction of sp³-hybridized carbons (Fsp3) is 0.217. The highest BCUT2D eigenvalue weighted by Crippen LogP contribution is 2.23. The number of nitrogens with one attached hydrogen (secondary N) is 1. The molecule has 0 saturated heterocycles. The third kappa shape index (κ3) is 5.67. The van der Waals surface area contributed by atoms with Gasteiger partial charge in [-0.15, -0.1) is 16.8 Å². The lowest BCUT2D eigenvalue weighted by molar-refractivity contribution is -0.125. The summed E-state index contributed by atoms with van der Waals surface area (Å²) in [6.45, 7) is 5.83. The summed E-state index contributed by atoms with van der Waals surface area (Å²) in [6, 6.07) is 18.8. The largest absolute Gasteiger partial charge is 0.345 e. The van der Waals surface area contributed by atoms with Crippen LogP contribution in [0.4, 0.5) is 0 Å². The van der Waals surface area contributed by atoms with Gasteiger partial charge in [-0.05, 0) is 18.9 Å². The Balaban J connectivity index is 1.65. The number of aromatic nitrogens is 3. The fourth-order valence-corrected chi connectivity index (χ4v) is 3.76. The molecule has 2 aromatic carbocycles. The second kappa shape index (κ2) is 10.5. The van der Waals surface area contributed by atoms with Crippen molar-refractivity contribution in [1.29, 1.82) is 0 Å². The van der Waals surface area contributed by atoms with Gasteiger partial charge in [-0.3, -0.25) is 14.2 Å². The third-order valence-electron chi connectivity index (χ3n) is 4.50. The van der Waals surface area contributed by atoms with Crippen LogP contribution in [0.1, 0.15) is 12.5 Å². The van der Waals surface area contributed by atoms with Gasteiger partial charge in [-0.1, -0.05) is 78.5 Å². The van der Waals surface area contributed by atoms with Crippen LogP contribution in [0.2, 0.25) is 0 Å². The van der Waals surface area contributed by atoms with E-state index in [-0.39, 0.29) is 17.4 Å². The second-order valence-electron chi connectivity index (χ2n) is 6.78. The molecular weight excluding hydrogens is 396 g/mol. The van der Waals surface area contributed by atoms with Crippen LogP contribution in [0.5, 0.6) is 0 Å². The molecule has 0 radical (unpaired) electrons. The SMILES string of the molecule is C=CCn1c(SCC(=O)N[C@@H](Cc2ccccc2)C(C)=O)nnc1-c1ccccc1. The maximum Gasteiger partial charge on any atom is 0.231 e. The van der Waals surface area contributed by atoms with Gasteiger partial charge in [0.05, 0.1) is 11.8 Å². The molecule has 0 aliphatic heterocycles. The van der Waals surface area contributed by atoms with Gasteiger partial charge in [0.2, 0.25) is 5.91 Å². The molecule has 1 amide bonds. The van der Waals surface area contributed by atoms with Crippen LogP contribution in [0.15, 0.2) is 78.5 Å². The number of amides is 1. The summed E-state index contributed by atoms with van der Waals surface area (Å²) in [7, 11) is 0. The highest BCUT2D eigenvalue weighted by Gasteiger charge is 2.19. The first-order chi connectivity index (χ1) is 14.6. The third-order valence-corrected chi connectivity index (χ3v) is 5.47. The van der Waals surface area contributed by atoms with E-state index in [4.69, 9.17) is 0 Å². The Morgan fingerprint density at radius 1 is 1.10 bits per heavy atom. The van der Waals surface area contributed by atoms with Gasteiger partial charge in [-0.25, -0.2) is 0 Å². The molecule has 0 aliphatic carbocycles. The van der Waals surface area contributed by atoms with E-state index in [1.807, 2.05) is 65.2 Å². The molecule has 3 rings (SSSR count). The molecule has 0 unspecified atom stereocenters. The van der Waals surface area contributed by atoms with Crippen molar-refractivity contribution in [2.75, 3.05) is 5.75 Å². The number of benzene rings is 2. The van der Waals surface area contributed by atoms with Crippen LogP contribution >= 0.6 is 11.8 Å². The monoisotopic (exact) mass is 420 g/mol. The predicted octanol–water partition coefficient (Wildman–Crippen LogP) is 3.54. The topological polar surface area (TPSA) is 76.9 Å². The van der Waals surface area contributed by atoms with Crippen molar-refractivity contribution >= 4 is 23.5 Å². The Kier molecular flexibility index (Phi) is 7.57. The highest BCUT2D eigenvalue weighted by atomic mass is 32.2. The predicted molar refractivity (Wildman–Crippen MR) is 119 cm³/mol. The molecule has 0 fully saturated rings. The Labute approximate surface area is 180 Å². The number of carbonyl (C=O) groups excluding carboxylic acids is 2. The zero-order valence-electron chi connectivity index (χ0n) is 16.8. The van der Waals surface area contributed by atoms with Crippen molar-refractivity contribution in [3.63, 3.8) is 0 Å². The van der Waals surface area contributed by atoms with Crippen molar-refractivity contribution in [2.45, 2.75) is 31.1 Å². The van der Waals surface area contributed by atoms with Crippen LogP contribution in [-0.2, 0) is 22.6 Å².